The molecule has 0 aromatic carbocycles. The molecule has 1 atom stereocenters. The highest BCUT2D eigenvalue weighted by Crippen LogP contribution is 2.15. The number of hydrogen-bond acceptors (Lipinski definition) is 3. The summed E-state index contributed by atoms with van der Waals surface area (Å²) in [5.74, 6) is -0.829. The standard InChI is InChI=1S/C9H11NO3/c1-6(9(11)12)8-4-3-7(13-2)5-10-8/h3-6H,1-2H3,(H,11,12). The third-order valence-corrected chi connectivity index (χ3v) is 1.81. The molecule has 0 saturated heterocycles. The summed E-state index contributed by atoms with van der Waals surface area (Å²) < 4.78 is 4.90. The highest BCUT2D eigenvalue weighted by molar-refractivity contribution is 5.74. The molecule has 0 fully saturated rings. The second kappa shape index (κ2) is 3.89. The minimum Gasteiger partial charge on any atom is -0.495 e. The first kappa shape index (κ1) is 9.51. The first-order chi connectivity index (χ1) is 6.15. The molecule has 13 heavy (non-hydrogen) atoms. The monoisotopic (exact) mass is 181 g/mol. The average molecular weight is 181 g/mol. The van der Waals surface area contributed by atoms with Gasteiger partial charge in [-0.25, -0.2) is 0 Å². The van der Waals surface area contributed by atoms with Crippen molar-refractivity contribution in [1.29, 1.82) is 0 Å². The van der Waals surface area contributed by atoms with E-state index in [4.69, 9.17) is 9.84 Å². The summed E-state index contributed by atoms with van der Waals surface area (Å²) in [6.45, 7) is 1.59. The van der Waals surface area contributed by atoms with Gasteiger partial charge in [-0.1, -0.05) is 0 Å². The second-order valence-electron chi connectivity index (χ2n) is 2.68. The van der Waals surface area contributed by atoms with Crippen molar-refractivity contribution in [2.45, 2.75) is 12.8 Å². The van der Waals surface area contributed by atoms with E-state index < -0.39 is 11.9 Å². The number of rotatable bonds is 3. The summed E-state index contributed by atoms with van der Waals surface area (Å²) in [4.78, 5) is 14.5. The predicted octanol–water partition coefficient (Wildman–Crippen LogP) is 1.28. The highest BCUT2D eigenvalue weighted by Gasteiger charge is 2.14. The lowest BCUT2D eigenvalue weighted by Gasteiger charge is -2.05. The van der Waals surface area contributed by atoms with Gasteiger partial charge in [-0.15, -0.1) is 0 Å². The second-order valence-corrected chi connectivity index (χ2v) is 2.68. The zero-order valence-electron chi connectivity index (χ0n) is 7.52. The topological polar surface area (TPSA) is 59.4 Å². The maximum Gasteiger partial charge on any atom is 0.312 e. The van der Waals surface area contributed by atoms with Crippen molar-refractivity contribution < 1.29 is 14.6 Å². The van der Waals surface area contributed by atoms with Crippen LogP contribution in [0.1, 0.15) is 18.5 Å². The van der Waals surface area contributed by atoms with Crippen LogP contribution in [0.2, 0.25) is 0 Å². The molecule has 70 valence electrons. The van der Waals surface area contributed by atoms with E-state index in [0.29, 0.717) is 11.4 Å². The van der Waals surface area contributed by atoms with Crippen molar-refractivity contribution >= 4 is 5.97 Å². The Balaban J connectivity index is 2.85. The van der Waals surface area contributed by atoms with Gasteiger partial charge in [-0.05, 0) is 19.1 Å². The molecule has 1 heterocycles. The van der Waals surface area contributed by atoms with Gasteiger partial charge in [0.2, 0.25) is 0 Å². The largest absolute Gasteiger partial charge is 0.495 e. The van der Waals surface area contributed by atoms with Crippen LogP contribution in [0, 0.1) is 0 Å². The lowest BCUT2D eigenvalue weighted by Crippen LogP contribution is -2.08. The molecule has 0 saturated carbocycles. The van der Waals surface area contributed by atoms with Gasteiger partial charge in [0.25, 0.3) is 0 Å². The van der Waals surface area contributed by atoms with Crippen LogP contribution in [-0.2, 0) is 4.79 Å². The van der Waals surface area contributed by atoms with E-state index in [0.717, 1.165) is 0 Å². The SMILES string of the molecule is COc1ccc(C(C)C(=O)O)nc1. The van der Waals surface area contributed by atoms with E-state index in [9.17, 15) is 4.79 Å². The molecule has 4 nitrogen and oxygen atoms in total. The summed E-state index contributed by atoms with van der Waals surface area (Å²) in [6, 6.07) is 3.35. The van der Waals surface area contributed by atoms with Crippen LogP contribution in [0.5, 0.6) is 5.75 Å². The van der Waals surface area contributed by atoms with Crippen LogP contribution in [0.25, 0.3) is 0 Å². The first-order valence-electron chi connectivity index (χ1n) is 3.88. The molecule has 1 rings (SSSR count). The van der Waals surface area contributed by atoms with Crippen molar-refractivity contribution in [2.75, 3.05) is 7.11 Å². The fourth-order valence-electron chi connectivity index (χ4n) is 0.895. The van der Waals surface area contributed by atoms with E-state index >= 15 is 0 Å². The van der Waals surface area contributed by atoms with Gasteiger partial charge in [0.1, 0.15) is 5.75 Å². The first-order valence-corrected chi connectivity index (χ1v) is 3.88. The zero-order chi connectivity index (χ0) is 9.84. The Kier molecular flexibility index (Phi) is 2.84. The van der Waals surface area contributed by atoms with Crippen LogP contribution in [0.4, 0.5) is 0 Å². The number of carbonyl (C=O) groups is 1. The molecular formula is C9H11NO3. The quantitative estimate of drug-likeness (QED) is 0.763. The highest BCUT2D eigenvalue weighted by atomic mass is 16.5. The number of hydrogen-bond donors (Lipinski definition) is 1. The van der Waals surface area contributed by atoms with E-state index in [1.54, 1.807) is 19.1 Å². The minimum absolute atomic E-state index is 0.535. The Morgan fingerprint density at radius 1 is 1.62 bits per heavy atom. The predicted molar refractivity (Wildman–Crippen MR) is 46.8 cm³/mol. The van der Waals surface area contributed by atoms with E-state index in [-0.39, 0.29) is 0 Å². The van der Waals surface area contributed by atoms with Gasteiger partial charge in [0.05, 0.1) is 24.9 Å². The Morgan fingerprint density at radius 3 is 2.69 bits per heavy atom. The number of carboxylic acid groups (broad SMARTS) is 1. The smallest absolute Gasteiger partial charge is 0.312 e. The lowest BCUT2D eigenvalue weighted by atomic mass is 10.1. The fraction of sp³-hybridized carbons (Fsp3) is 0.333. The Labute approximate surface area is 76.2 Å². The molecule has 0 aliphatic heterocycles. The van der Waals surface area contributed by atoms with Crippen LogP contribution in [-0.4, -0.2) is 23.2 Å². The van der Waals surface area contributed by atoms with Gasteiger partial charge in [-0.3, -0.25) is 9.78 Å². The van der Waals surface area contributed by atoms with Crippen molar-refractivity contribution in [3.8, 4) is 5.75 Å². The van der Waals surface area contributed by atoms with Gasteiger partial charge in [0.15, 0.2) is 0 Å². The van der Waals surface area contributed by atoms with E-state index in [1.165, 1.54) is 13.3 Å². The molecule has 0 amide bonds. The van der Waals surface area contributed by atoms with Crippen molar-refractivity contribution in [1.82, 2.24) is 4.98 Å². The van der Waals surface area contributed by atoms with Gasteiger partial charge < -0.3 is 9.84 Å². The maximum absolute atomic E-state index is 10.6. The van der Waals surface area contributed by atoms with Crippen molar-refractivity contribution in [2.24, 2.45) is 0 Å². The summed E-state index contributed by atoms with van der Waals surface area (Å²) >= 11 is 0. The molecule has 0 aliphatic carbocycles. The molecule has 0 aliphatic rings. The summed E-state index contributed by atoms with van der Waals surface area (Å²) in [5.41, 5.74) is 0.535. The number of carboxylic acids is 1. The zero-order valence-corrected chi connectivity index (χ0v) is 7.52. The van der Waals surface area contributed by atoms with E-state index in [1.807, 2.05) is 0 Å². The minimum atomic E-state index is -0.877. The van der Waals surface area contributed by atoms with Crippen LogP contribution in [0.3, 0.4) is 0 Å². The molecule has 1 aromatic rings. The maximum atomic E-state index is 10.6. The number of aromatic nitrogens is 1. The number of nitrogens with zero attached hydrogens (tertiary/aromatic N) is 1. The average Bonchev–Trinajstić information content (AvgIpc) is 2.17. The molecule has 1 unspecified atom stereocenters. The van der Waals surface area contributed by atoms with E-state index in [2.05, 4.69) is 4.98 Å². The lowest BCUT2D eigenvalue weighted by molar-refractivity contribution is -0.138. The molecule has 0 radical (unpaired) electrons. The fourth-order valence-corrected chi connectivity index (χ4v) is 0.895. The number of methoxy groups -OCH3 is 1. The van der Waals surface area contributed by atoms with Crippen LogP contribution < -0.4 is 4.74 Å². The molecule has 4 heteroatoms. The number of pyridine rings is 1. The molecular weight excluding hydrogens is 170 g/mol. The van der Waals surface area contributed by atoms with Crippen molar-refractivity contribution in [3.63, 3.8) is 0 Å². The van der Waals surface area contributed by atoms with Gasteiger partial charge in [0, 0.05) is 0 Å². The van der Waals surface area contributed by atoms with Crippen LogP contribution in [0.15, 0.2) is 18.3 Å². The number of aliphatic carboxylic acids is 1. The molecule has 0 bridgehead atoms. The Morgan fingerprint density at radius 2 is 2.31 bits per heavy atom. The summed E-state index contributed by atoms with van der Waals surface area (Å²) in [7, 11) is 1.54. The number of ether oxygens (including phenoxy) is 1. The van der Waals surface area contributed by atoms with Crippen LogP contribution >= 0.6 is 0 Å². The third kappa shape index (κ3) is 2.18. The van der Waals surface area contributed by atoms with Gasteiger partial charge >= 0.3 is 5.97 Å². The molecule has 1 aromatic heterocycles. The summed E-state index contributed by atoms with van der Waals surface area (Å²) in [6.07, 6.45) is 1.51. The van der Waals surface area contributed by atoms with Crippen molar-refractivity contribution in [3.05, 3.63) is 24.0 Å². The normalized spacial score (nSPS) is 12.2. The van der Waals surface area contributed by atoms with Gasteiger partial charge in [-0.2, -0.15) is 0 Å². The molecule has 1 N–H and O–H groups in total. The molecule has 0 spiro atoms. The Bertz CT molecular complexity index is 294. The summed E-state index contributed by atoms with van der Waals surface area (Å²) in [5, 5.41) is 8.69. The third-order valence-electron chi connectivity index (χ3n) is 1.81. The Hall–Kier alpha value is -1.58.